The Morgan fingerprint density at radius 2 is 1.69 bits per heavy atom. The van der Waals surface area contributed by atoms with Crippen LogP contribution in [0.3, 0.4) is 0 Å². The molecule has 0 aliphatic carbocycles. The third kappa shape index (κ3) is 4.05. The summed E-state index contributed by atoms with van der Waals surface area (Å²) in [6, 6.07) is 11.7. The summed E-state index contributed by atoms with van der Waals surface area (Å²) in [7, 11) is 0. The Morgan fingerprint density at radius 1 is 1.04 bits per heavy atom. The molecule has 136 valence electrons. The number of amides is 2. The van der Waals surface area contributed by atoms with Gasteiger partial charge in [0.15, 0.2) is 0 Å². The number of rotatable bonds is 3. The number of piperazine rings is 1. The minimum Gasteiger partial charge on any atom is -0.339 e. The van der Waals surface area contributed by atoms with Gasteiger partial charge in [0, 0.05) is 36.8 Å². The van der Waals surface area contributed by atoms with Crippen LogP contribution in [-0.2, 0) is 11.2 Å². The zero-order valence-electron chi connectivity index (χ0n) is 14.5. The fraction of sp³-hybridized carbons (Fsp3) is 0.300. The summed E-state index contributed by atoms with van der Waals surface area (Å²) in [5.74, 6) is -0.453. The van der Waals surface area contributed by atoms with Crippen molar-refractivity contribution in [2.24, 2.45) is 0 Å². The lowest BCUT2D eigenvalue weighted by molar-refractivity contribution is -0.131. The van der Waals surface area contributed by atoms with Crippen LogP contribution in [0.4, 0.5) is 4.39 Å². The quantitative estimate of drug-likeness (QED) is 0.827. The Kier molecular flexibility index (Phi) is 5.57. The Hall–Kier alpha value is -2.40. The van der Waals surface area contributed by atoms with Crippen molar-refractivity contribution in [3.05, 3.63) is 70.0 Å². The molecule has 26 heavy (non-hydrogen) atoms. The lowest BCUT2D eigenvalue weighted by Gasteiger charge is -2.35. The summed E-state index contributed by atoms with van der Waals surface area (Å²) in [6.07, 6.45) is 0.255. The van der Waals surface area contributed by atoms with Crippen molar-refractivity contribution >= 4 is 23.4 Å². The highest BCUT2D eigenvalue weighted by Gasteiger charge is 2.25. The topological polar surface area (TPSA) is 40.6 Å². The van der Waals surface area contributed by atoms with Crippen LogP contribution in [0.25, 0.3) is 0 Å². The molecule has 2 aromatic rings. The van der Waals surface area contributed by atoms with Gasteiger partial charge in [-0.05, 0) is 42.3 Å². The fourth-order valence-electron chi connectivity index (χ4n) is 3.04. The molecule has 0 bridgehead atoms. The molecule has 0 spiro atoms. The van der Waals surface area contributed by atoms with Crippen molar-refractivity contribution in [2.45, 2.75) is 13.3 Å². The second-order valence-corrected chi connectivity index (χ2v) is 6.81. The molecule has 1 saturated heterocycles. The predicted octanol–water partition coefficient (Wildman–Crippen LogP) is 3.31. The van der Waals surface area contributed by atoms with E-state index in [9.17, 15) is 14.0 Å². The molecule has 0 saturated carbocycles. The molecule has 1 aliphatic heterocycles. The van der Waals surface area contributed by atoms with Gasteiger partial charge >= 0.3 is 0 Å². The maximum Gasteiger partial charge on any atom is 0.253 e. The van der Waals surface area contributed by atoms with Crippen molar-refractivity contribution in [1.29, 1.82) is 0 Å². The van der Waals surface area contributed by atoms with E-state index in [1.807, 2.05) is 18.2 Å². The molecule has 1 aliphatic rings. The Bertz CT molecular complexity index is 832. The normalized spacial score (nSPS) is 14.4. The molecule has 0 unspecified atom stereocenters. The average molecular weight is 375 g/mol. The van der Waals surface area contributed by atoms with Crippen LogP contribution in [0, 0.1) is 12.7 Å². The van der Waals surface area contributed by atoms with Crippen molar-refractivity contribution in [3.63, 3.8) is 0 Å². The summed E-state index contributed by atoms with van der Waals surface area (Å²) in [4.78, 5) is 28.5. The highest BCUT2D eigenvalue weighted by molar-refractivity contribution is 6.31. The van der Waals surface area contributed by atoms with Crippen LogP contribution in [0.5, 0.6) is 0 Å². The maximum absolute atomic E-state index is 13.4. The van der Waals surface area contributed by atoms with Crippen LogP contribution in [0.2, 0.25) is 5.02 Å². The number of hydrogen-bond donors (Lipinski definition) is 0. The molecule has 1 heterocycles. The zero-order chi connectivity index (χ0) is 18.7. The largest absolute Gasteiger partial charge is 0.339 e. The molecule has 0 radical (unpaired) electrons. The van der Waals surface area contributed by atoms with Crippen molar-refractivity contribution < 1.29 is 14.0 Å². The van der Waals surface area contributed by atoms with Gasteiger partial charge in [-0.3, -0.25) is 9.59 Å². The standard InChI is InChI=1S/C20H20ClFN2O2/c1-14-12-16(6-7-18(14)22)20(26)24-10-8-23(9-11-24)19(25)13-15-4-2-3-5-17(15)21/h2-7,12H,8-11,13H2,1H3. The van der Waals surface area contributed by atoms with E-state index in [0.29, 0.717) is 42.3 Å². The van der Waals surface area contributed by atoms with Gasteiger partial charge in [-0.15, -0.1) is 0 Å². The molecule has 4 nitrogen and oxygen atoms in total. The fourth-order valence-corrected chi connectivity index (χ4v) is 3.24. The molecule has 0 atom stereocenters. The summed E-state index contributed by atoms with van der Waals surface area (Å²) in [6.45, 7) is 3.52. The van der Waals surface area contributed by atoms with E-state index in [1.165, 1.54) is 12.1 Å². The first-order valence-corrected chi connectivity index (χ1v) is 8.90. The zero-order valence-corrected chi connectivity index (χ0v) is 15.3. The maximum atomic E-state index is 13.4. The molecule has 3 rings (SSSR count). The van der Waals surface area contributed by atoms with Crippen LogP contribution in [-0.4, -0.2) is 47.8 Å². The number of aryl methyl sites for hydroxylation is 1. The first-order valence-electron chi connectivity index (χ1n) is 8.52. The predicted molar refractivity (Wildman–Crippen MR) is 98.8 cm³/mol. The van der Waals surface area contributed by atoms with E-state index in [-0.39, 0.29) is 24.1 Å². The second-order valence-electron chi connectivity index (χ2n) is 6.41. The number of nitrogens with zero attached hydrogens (tertiary/aromatic N) is 2. The van der Waals surface area contributed by atoms with E-state index in [2.05, 4.69) is 0 Å². The molecule has 6 heteroatoms. The Morgan fingerprint density at radius 3 is 2.35 bits per heavy atom. The van der Waals surface area contributed by atoms with E-state index in [0.717, 1.165) is 5.56 Å². The lowest BCUT2D eigenvalue weighted by atomic mass is 10.1. The van der Waals surface area contributed by atoms with Crippen LogP contribution < -0.4 is 0 Å². The highest BCUT2D eigenvalue weighted by Crippen LogP contribution is 2.17. The Balaban J connectivity index is 1.58. The van der Waals surface area contributed by atoms with Gasteiger partial charge in [0.25, 0.3) is 5.91 Å². The van der Waals surface area contributed by atoms with Gasteiger partial charge < -0.3 is 9.80 Å². The monoisotopic (exact) mass is 374 g/mol. The molecular weight excluding hydrogens is 355 g/mol. The third-order valence-corrected chi connectivity index (χ3v) is 4.99. The smallest absolute Gasteiger partial charge is 0.253 e. The highest BCUT2D eigenvalue weighted by atomic mass is 35.5. The molecule has 0 N–H and O–H groups in total. The van der Waals surface area contributed by atoms with E-state index >= 15 is 0 Å². The SMILES string of the molecule is Cc1cc(C(=O)N2CCN(C(=O)Cc3ccccc3Cl)CC2)ccc1F. The molecule has 2 amide bonds. The van der Waals surface area contributed by atoms with Crippen molar-refractivity contribution in [1.82, 2.24) is 9.80 Å². The Labute approximate surface area is 157 Å². The first-order chi connectivity index (χ1) is 12.5. The van der Waals surface area contributed by atoms with E-state index in [1.54, 1.807) is 28.9 Å². The average Bonchev–Trinajstić information content (AvgIpc) is 2.65. The number of carbonyl (C=O) groups excluding carboxylic acids is 2. The number of hydrogen-bond acceptors (Lipinski definition) is 2. The van der Waals surface area contributed by atoms with E-state index in [4.69, 9.17) is 11.6 Å². The first kappa shape index (κ1) is 18.4. The number of carbonyl (C=O) groups is 2. The minimum atomic E-state index is -0.323. The molecule has 0 aromatic heterocycles. The van der Waals surface area contributed by atoms with Gasteiger partial charge in [-0.1, -0.05) is 29.8 Å². The summed E-state index contributed by atoms with van der Waals surface area (Å²) >= 11 is 6.11. The van der Waals surface area contributed by atoms with Crippen LogP contribution in [0.1, 0.15) is 21.5 Å². The van der Waals surface area contributed by atoms with Gasteiger partial charge in [0.05, 0.1) is 6.42 Å². The number of benzene rings is 2. The summed E-state index contributed by atoms with van der Waals surface area (Å²) in [5, 5.41) is 0.585. The van der Waals surface area contributed by atoms with Crippen molar-refractivity contribution in [2.75, 3.05) is 26.2 Å². The van der Waals surface area contributed by atoms with Gasteiger partial charge in [-0.2, -0.15) is 0 Å². The van der Waals surface area contributed by atoms with Crippen molar-refractivity contribution in [3.8, 4) is 0 Å². The van der Waals surface area contributed by atoms with Gasteiger partial charge in [0.2, 0.25) is 5.91 Å². The second kappa shape index (κ2) is 7.87. The third-order valence-electron chi connectivity index (χ3n) is 4.62. The van der Waals surface area contributed by atoms with Gasteiger partial charge in [0.1, 0.15) is 5.82 Å². The molecule has 2 aromatic carbocycles. The number of halogens is 2. The van der Waals surface area contributed by atoms with Crippen LogP contribution in [0.15, 0.2) is 42.5 Å². The summed E-state index contributed by atoms with van der Waals surface area (Å²) < 4.78 is 13.4. The minimum absolute atomic E-state index is 0.00262. The lowest BCUT2D eigenvalue weighted by Crippen LogP contribution is -2.51. The van der Waals surface area contributed by atoms with Gasteiger partial charge in [-0.25, -0.2) is 4.39 Å². The summed E-state index contributed by atoms with van der Waals surface area (Å²) in [5.41, 5.74) is 1.73. The molecule has 1 fully saturated rings. The van der Waals surface area contributed by atoms with E-state index < -0.39 is 0 Å². The molecular formula is C20H20ClFN2O2. The van der Waals surface area contributed by atoms with Crippen LogP contribution >= 0.6 is 11.6 Å².